The van der Waals surface area contributed by atoms with Crippen LogP contribution in [-0.4, -0.2) is 18.3 Å². The lowest BCUT2D eigenvalue weighted by Crippen LogP contribution is -2.76. The molecule has 1 aromatic rings. The molecule has 0 saturated carbocycles. The summed E-state index contributed by atoms with van der Waals surface area (Å²) in [5, 5.41) is 2.94. The SMILES string of the molecule is O=C(NC1=[NH+]CCCCC1)c1ccccc1. The normalized spacial score (nSPS) is 16.1. The lowest BCUT2D eigenvalue weighted by atomic mass is 10.2. The molecule has 1 aliphatic rings. The summed E-state index contributed by atoms with van der Waals surface area (Å²) < 4.78 is 0. The van der Waals surface area contributed by atoms with Crippen molar-refractivity contribution in [1.29, 1.82) is 0 Å². The predicted molar refractivity (Wildman–Crippen MR) is 63.2 cm³/mol. The quantitative estimate of drug-likeness (QED) is 0.705. The number of hydrogen-bond donors (Lipinski definition) is 2. The molecule has 0 atom stereocenters. The average molecular weight is 217 g/mol. The monoisotopic (exact) mass is 217 g/mol. The molecule has 1 aromatic carbocycles. The van der Waals surface area contributed by atoms with Crippen molar-refractivity contribution in [2.75, 3.05) is 6.54 Å². The van der Waals surface area contributed by atoms with E-state index in [-0.39, 0.29) is 5.91 Å². The van der Waals surface area contributed by atoms with E-state index in [1.165, 1.54) is 12.8 Å². The van der Waals surface area contributed by atoms with Gasteiger partial charge in [-0.25, -0.2) is 10.1 Å². The van der Waals surface area contributed by atoms with Crippen molar-refractivity contribution in [2.45, 2.75) is 25.7 Å². The molecule has 1 aliphatic heterocycles. The second kappa shape index (κ2) is 5.45. The number of nitrogens with one attached hydrogen (secondary N) is 2. The molecule has 16 heavy (non-hydrogen) atoms. The van der Waals surface area contributed by atoms with Gasteiger partial charge in [-0.05, 0) is 31.4 Å². The summed E-state index contributed by atoms with van der Waals surface area (Å²) in [6, 6.07) is 9.31. The Balaban J connectivity index is 1.99. The van der Waals surface area contributed by atoms with Crippen molar-refractivity contribution < 1.29 is 9.79 Å². The summed E-state index contributed by atoms with van der Waals surface area (Å²) in [4.78, 5) is 15.1. The Morgan fingerprint density at radius 2 is 1.94 bits per heavy atom. The van der Waals surface area contributed by atoms with Crippen LogP contribution in [0.3, 0.4) is 0 Å². The molecule has 0 radical (unpaired) electrons. The Bertz CT molecular complexity index is 384. The molecule has 0 aliphatic carbocycles. The molecule has 0 spiro atoms. The Kier molecular flexibility index (Phi) is 3.70. The zero-order chi connectivity index (χ0) is 11.2. The molecule has 2 N–H and O–H groups in total. The van der Waals surface area contributed by atoms with E-state index in [2.05, 4.69) is 10.3 Å². The number of carbonyl (C=O) groups excluding carboxylic acids is 1. The lowest BCUT2D eigenvalue weighted by Gasteiger charge is -1.99. The molecule has 1 heterocycles. The van der Waals surface area contributed by atoms with Crippen LogP contribution in [0.1, 0.15) is 36.0 Å². The maximum absolute atomic E-state index is 11.9. The molecule has 0 fully saturated rings. The number of rotatable bonds is 1. The summed E-state index contributed by atoms with van der Waals surface area (Å²) in [5.74, 6) is 0.941. The van der Waals surface area contributed by atoms with Gasteiger partial charge >= 0.3 is 5.91 Å². The van der Waals surface area contributed by atoms with E-state index >= 15 is 0 Å². The third kappa shape index (κ3) is 2.92. The first-order valence-electron chi connectivity index (χ1n) is 5.82. The van der Waals surface area contributed by atoms with Crippen LogP contribution in [-0.2, 0) is 0 Å². The lowest BCUT2D eigenvalue weighted by molar-refractivity contribution is -0.459. The predicted octanol–water partition coefficient (Wildman–Crippen LogP) is 0.469. The molecule has 0 unspecified atom stereocenters. The highest BCUT2D eigenvalue weighted by molar-refractivity contribution is 6.04. The number of hydrogen-bond acceptors (Lipinski definition) is 1. The smallest absolute Gasteiger partial charge is 0.278 e. The first-order chi connectivity index (χ1) is 7.86. The van der Waals surface area contributed by atoms with E-state index in [0.717, 1.165) is 25.2 Å². The number of carbonyl (C=O) groups is 1. The second-order valence-corrected chi connectivity index (χ2v) is 4.04. The van der Waals surface area contributed by atoms with Gasteiger partial charge in [-0.15, -0.1) is 0 Å². The van der Waals surface area contributed by atoms with Crippen molar-refractivity contribution in [3.05, 3.63) is 35.9 Å². The fraction of sp³-hybridized carbons (Fsp3) is 0.385. The van der Waals surface area contributed by atoms with Crippen LogP contribution in [0.4, 0.5) is 0 Å². The van der Waals surface area contributed by atoms with Gasteiger partial charge in [0.1, 0.15) is 0 Å². The van der Waals surface area contributed by atoms with E-state index < -0.39 is 0 Å². The van der Waals surface area contributed by atoms with Gasteiger partial charge in [-0.3, -0.25) is 4.99 Å². The van der Waals surface area contributed by atoms with Crippen molar-refractivity contribution in [3.63, 3.8) is 0 Å². The van der Waals surface area contributed by atoms with Crippen molar-refractivity contribution in [2.24, 2.45) is 0 Å². The summed E-state index contributed by atoms with van der Waals surface area (Å²) in [5.41, 5.74) is 0.709. The maximum Gasteiger partial charge on any atom is 0.338 e. The standard InChI is InChI=1S/C13H16N2O/c16-13(11-7-3-1-4-8-11)15-12-9-5-2-6-10-14-12/h1,3-4,7-8H,2,5-6,9-10H2,(H,14,15,16)/p+1. The molecule has 2 rings (SSSR count). The minimum Gasteiger partial charge on any atom is -0.278 e. The van der Waals surface area contributed by atoms with E-state index in [1.54, 1.807) is 0 Å². The molecule has 3 heteroatoms. The summed E-state index contributed by atoms with van der Waals surface area (Å²) >= 11 is 0. The Hall–Kier alpha value is -1.64. The van der Waals surface area contributed by atoms with Crippen LogP contribution >= 0.6 is 0 Å². The van der Waals surface area contributed by atoms with E-state index in [0.29, 0.717) is 5.56 Å². The van der Waals surface area contributed by atoms with Crippen LogP contribution in [0.15, 0.2) is 30.3 Å². The Morgan fingerprint density at radius 1 is 1.12 bits per heavy atom. The zero-order valence-corrected chi connectivity index (χ0v) is 9.33. The van der Waals surface area contributed by atoms with E-state index in [9.17, 15) is 4.79 Å². The van der Waals surface area contributed by atoms with Crippen LogP contribution in [0, 0.1) is 0 Å². The number of amides is 1. The largest absolute Gasteiger partial charge is 0.338 e. The molecule has 84 valence electrons. The van der Waals surface area contributed by atoms with Gasteiger partial charge in [0.15, 0.2) is 0 Å². The first-order valence-corrected chi connectivity index (χ1v) is 5.82. The third-order valence-electron chi connectivity index (χ3n) is 2.74. The average Bonchev–Trinajstić information content (AvgIpc) is 2.59. The zero-order valence-electron chi connectivity index (χ0n) is 9.33. The molecule has 1 amide bonds. The number of amidine groups is 1. The van der Waals surface area contributed by atoms with Crippen molar-refractivity contribution in [1.82, 2.24) is 5.32 Å². The van der Waals surface area contributed by atoms with Crippen LogP contribution in [0.5, 0.6) is 0 Å². The summed E-state index contributed by atoms with van der Waals surface area (Å²) in [7, 11) is 0. The molecule has 0 aromatic heterocycles. The molecular formula is C13H17N2O+. The molecular weight excluding hydrogens is 200 g/mol. The molecule has 0 saturated heterocycles. The van der Waals surface area contributed by atoms with Crippen LogP contribution < -0.4 is 10.3 Å². The third-order valence-corrected chi connectivity index (χ3v) is 2.74. The second-order valence-electron chi connectivity index (χ2n) is 4.04. The fourth-order valence-electron chi connectivity index (χ4n) is 1.84. The minimum atomic E-state index is -0.0231. The topological polar surface area (TPSA) is 43.1 Å². The fourth-order valence-corrected chi connectivity index (χ4v) is 1.84. The van der Waals surface area contributed by atoms with Gasteiger partial charge in [0, 0.05) is 6.42 Å². The van der Waals surface area contributed by atoms with Crippen molar-refractivity contribution in [3.8, 4) is 0 Å². The van der Waals surface area contributed by atoms with Gasteiger partial charge in [0.05, 0.1) is 12.1 Å². The summed E-state index contributed by atoms with van der Waals surface area (Å²) in [6.07, 6.45) is 4.51. The van der Waals surface area contributed by atoms with Gasteiger partial charge < -0.3 is 0 Å². The first kappa shape index (κ1) is 10.9. The van der Waals surface area contributed by atoms with Gasteiger partial charge in [0.2, 0.25) is 5.84 Å². The highest BCUT2D eigenvalue weighted by atomic mass is 16.1. The highest BCUT2D eigenvalue weighted by Crippen LogP contribution is 2.01. The highest BCUT2D eigenvalue weighted by Gasteiger charge is 2.16. The van der Waals surface area contributed by atoms with Crippen LogP contribution in [0.25, 0.3) is 0 Å². The Labute approximate surface area is 95.6 Å². The van der Waals surface area contributed by atoms with Gasteiger partial charge in [-0.2, -0.15) is 0 Å². The maximum atomic E-state index is 11.9. The van der Waals surface area contributed by atoms with E-state index in [1.807, 2.05) is 30.3 Å². The van der Waals surface area contributed by atoms with Crippen LogP contribution in [0.2, 0.25) is 0 Å². The van der Waals surface area contributed by atoms with Crippen molar-refractivity contribution >= 4 is 11.7 Å². The van der Waals surface area contributed by atoms with Gasteiger partial charge in [0.25, 0.3) is 0 Å². The molecule has 0 bridgehead atoms. The minimum absolute atomic E-state index is 0.0231. The number of benzene rings is 1. The molecule has 3 nitrogen and oxygen atoms in total. The van der Waals surface area contributed by atoms with E-state index in [4.69, 9.17) is 0 Å². The Morgan fingerprint density at radius 3 is 2.75 bits per heavy atom. The summed E-state index contributed by atoms with van der Waals surface area (Å²) in [6.45, 7) is 0.963. The van der Waals surface area contributed by atoms with Gasteiger partial charge in [-0.1, -0.05) is 18.2 Å².